The molecule has 2 saturated heterocycles. The lowest BCUT2D eigenvalue weighted by atomic mass is 10.1. The minimum atomic E-state index is 0.309. The average molecular weight is 419 g/mol. The fraction of sp³-hybridized carbons (Fsp3) is 0.500. The Balaban J connectivity index is 1.31. The van der Waals surface area contributed by atoms with E-state index in [-0.39, 0.29) is 0 Å². The largest absolute Gasteiger partial charge is 0.364 e. The van der Waals surface area contributed by atoms with Crippen LogP contribution in [0, 0.1) is 0 Å². The van der Waals surface area contributed by atoms with Crippen molar-refractivity contribution in [2.75, 3.05) is 50.7 Å². The Labute approximate surface area is 186 Å². The first-order chi connectivity index (χ1) is 15.3. The van der Waals surface area contributed by atoms with E-state index >= 15 is 0 Å². The monoisotopic (exact) mass is 418 g/mol. The van der Waals surface area contributed by atoms with Crippen molar-refractivity contribution in [2.45, 2.75) is 38.4 Å². The number of amides is 1. The Morgan fingerprint density at radius 2 is 1.61 bits per heavy atom. The molecule has 0 aromatic heterocycles. The Kier molecular flexibility index (Phi) is 6.23. The van der Waals surface area contributed by atoms with Crippen LogP contribution in [0.25, 0.3) is 0 Å². The van der Waals surface area contributed by atoms with Gasteiger partial charge in [0.25, 0.3) is 0 Å². The van der Waals surface area contributed by atoms with Crippen LogP contribution in [0.4, 0.5) is 5.69 Å². The van der Waals surface area contributed by atoms with Crippen molar-refractivity contribution < 1.29 is 4.79 Å². The van der Waals surface area contributed by atoms with Crippen molar-refractivity contribution in [3.63, 3.8) is 0 Å². The molecular weight excluding hydrogens is 384 g/mol. The molecule has 31 heavy (non-hydrogen) atoms. The van der Waals surface area contributed by atoms with Crippen molar-refractivity contribution in [1.82, 2.24) is 14.7 Å². The third-order valence-electron chi connectivity index (χ3n) is 7.10. The van der Waals surface area contributed by atoms with Gasteiger partial charge >= 0.3 is 0 Å². The van der Waals surface area contributed by atoms with Gasteiger partial charge in [0.2, 0.25) is 5.91 Å². The highest BCUT2D eigenvalue weighted by Crippen LogP contribution is 2.30. The number of anilines is 1. The van der Waals surface area contributed by atoms with Crippen molar-refractivity contribution in [3.8, 4) is 0 Å². The SMILES string of the molecule is O=C(CCN1CCCC1)N1Cc2ccccc2N2CCN(Cc3ccccc3)CC2C1. The summed E-state index contributed by atoms with van der Waals surface area (Å²) in [6, 6.07) is 19.8. The number of fused-ring (bicyclic) bond motifs is 3. The maximum atomic E-state index is 13.2. The van der Waals surface area contributed by atoms with Crippen LogP contribution in [0.3, 0.4) is 0 Å². The first-order valence-corrected chi connectivity index (χ1v) is 11.9. The lowest BCUT2D eigenvalue weighted by molar-refractivity contribution is -0.132. The predicted octanol–water partition coefficient (Wildman–Crippen LogP) is 3.21. The molecule has 2 fully saturated rings. The van der Waals surface area contributed by atoms with Crippen LogP contribution in [0.2, 0.25) is 0 Å². The number of hydrogen-bond donors (Lipinski definition) is 0. The summed E-state index contributed by atoms with van der Waals surface area (Å²) < 4.78 is 0. The van der Waals surface area contributed by atoms with Gasteiger partial charge < -0.3 is 14.7 Å². The molecule has 0 radical (unpaired) electrons. The van der Waals surface area contributed by atoms with E-state index in [0.29, 0.717) is 18.4 Å². The van der Waals surface area contributed by atoms with Crippen LogP contribution in [0.15, 0.2) is 54.6 Å². The fourth-order valence-corrected chi connectivity index (χ4v) is 5.44. The van der Waals surface area contributed by atoms with E-state index in [0.717, 1.165) is 58.9 Å². The van der Waals surface area contributed by atoms with Crippen LogP contribution >= 0.6 is 0 Å². The fourth-order valence-electron chi connectivity index (χ4n) is 5.44. The van der Waals surface area contributed by atoms with Crippen LogP contribution in [-0.4, -0.2) is 72.5 Å². The zero-order chi connectivity index (χ0) is 21.0. The van der Waals surface area contributed by atoms with Crippen molar-refractivity contribution in [3.05, 3.63) is 65.7 Å². The molecule has 5 heteroatoms. The highest BCUT2D eigenvalue weighted by atomic mass is 16.2. The van der Waals surface area contributed by atoms with Gasteiger partial charge in [0.15, 0.2) is 0 Å². The van der Waals surface area contributed by atoms with Gasteiger partial charge in [0.05, 0.1) is 6.04 Å². The second-order valence-corrected chi connectivity index (χ2v) is 9.27. The van der Waals surface area contributed by atoms with E-state index in [4.69, 9.17) is 0 Å². The van der Waals surface area contributed by atoms with E-state index in [2.05, 4.69) is 74.2 Å². The van der Waals surface area contributed by atoms with E-state index in [1.807, 2.05) is 0 Å². The molecule has 0 N–H and O–H groups in total. The number of hydrogen-bond acceptors (Lipinski definition) is 4. The molecule has 1 amide bonds. The van der Waals surface area contributed by atoms with E-state index in [9.17, 15) is 4.79 Å². The Hall–Kier alpha value is -2.37. The smallest absolute Gasteiger partial charge is 0.224 e. The first-order valence-electron chi connectivity index (χ1n) is 11.9. The summed E-state index contributed by atoms with van der Waals surface area (Å²) in [7, 11) is 0. The molecule has 3 heterocycles. The van der Waals surface area contributed by atoms with Crippen molar-refractivity contribution >= 4 is 11.6 Å². The molecule has 0 spiro atoms. The summed E-state index contributed by atoms with van der Waals surface area (Å²) in [5, 5.41) is 0. The summed E-state index contributed by atoms with van der Waals surface area (Å²) in [5.74, 6) is 0.309. The number of carbonyl (C=O) groups excluding carboxylic acids is 1. The molecule has 2 aromatic rings. The predicted molar refractivity (Wildman–Crippen MR) is 125 cm³/mol. The van der Waals surface area contributed by atoms with E-state index in [1.54, 1.807) is 0 Å². The lowest BCUT2D eigenvalue weighted by Crippen LogP contribution is -2.56. The minimum Gasteiger partial charge on any atom is -0.364 e. The number of piperazine rings is 1. The number of para-hydroxylation sites is 1. The molecule has 2 aromatic carbocycles. The quantitative estimate of drug-likeness (QED) is 0.746. The standard InChI is InChI=1S/C26H34N4O/c31-26(12-15-27-13-6-7-14-27)29-19-23-10-4-5-11-25(23)30-17-16-28(20-24(30)21-29)18-22-8-2-1-3-9-22/h1-5,8-11,24H,6-7,12-21H2. The van der Waals surface area contributed by atoms with Crippen LogP contribution < -0.4 is 4.90 Å². The van der Waals surface area contributed by atoms with Crippen LogP contribution in [-0.2, 0) is 17.9 Å². The van der Waals surface area contributed by atoms with Gasteiger partial charge in [0, 0.05) is 57.9 Å². The summed E-state index contributed by atoms with van der Waals surface area (Å²) in [5.41, 5.74) is 3.97. The highest BCUT2D eigenvalue weighted by Gasteiger charge is 2.34. The summed E-state index contributed by atoms with van der Waals surface area (Å²) in [6.07, 6.45) is 3.20. The topological polar surface area (TPSA) is 30.0 Å². The van der Waals surface area contributed by atoms with Gasteiger partial charge in [-0.05, 0) is 43.1 Å². The Morgan fingerprint density at radius 3 is 2.45 bits per heavy atom. The van der Waals surface area contributed by atoms with Crippen molar-refractivity contribution in [2.24, 2.45) is 0 Å². The summed E-state index contributed by atoms with van der Waals surface area (Å²) in [4.78, 5) is 22.9. The Morgan fingerprint density at radius 1 is 0.839 bits per heavy atom. The number of likely N-dealkylation sites (tertiary alicyclic amines) is 1. The van der Waals surface area contributed by atoms with Gasteiger partial charge in [-0.25, -0.2) is 0 Å². The molecular formula is C26H34N4O. The number of nitrogens with zero attached hydrogens (tertiary/aromatic N) is 4. The maximum absolute atomic E-state index is 13.2. The maximum Gasteiger partial charge on any atom is 0.224 e. The number of rotatable bonds is 5. The highest BCUT2D eigenvalue weighted by molar-refractivity contribution is 5.77. The molecule has 0 aliphatic carbocycles. The molecule has 1 unspecified atom stereocenters. The Bertz CT molecular complexity index is 880. The summed E-state index contributed by atoms with van der Waals surface area (Å²) in [6.45, 7) is 8.83. The first kappa shape index (κ1) is 20.5. The molecule has 164 valence electrons. The second-order valence-electron chi connectivity index (χ2n) is 9.27. The van der Waals surface area contributed by atoms with Gasteiger partial charge in [0.1, 0.15) is 0 Å². The van der Waals surface area contributed by atoms with E-state index < -0.39 is 0 Å². The summed E-state index contributed by atoms with van der Waals surface area (Å²) >= 11 is 0. The van der Waals surface area contributed by atoms with E-state index in [1.165, 1.54) is 29.7 Å². The van der Waals surface area contributed by atoms with Gasteiger partial charge in [-0.1, -0.05) is 48.5 Å². The molecule has 5 nitrogen and oxygen atoms in total. The molecule has 5 rings (SSSR count). The number of carbonyl (C=O) groups is 1. The minimum absolute atomic E-state index is 0.309. The van der Waals surface area contributed by atoms with Gasteiger partial charge in [-0.15, -0.1) is 0 Å². The molecule has 3 aliphatic rings. The molecule has 3 aliphatic heterocycles. The average Bonchev–Trinajstić information content (AvgIpc) is 3.26. The van der Waals surface area contributed by atoms with Gasteiger partial charge in [-0.2, -0.15) is 0 Å². The third kappa shape index (κ3) is 4.78. The third-order valence-corrected chi connectivity index (χ3v) is 7.10. The van der Waals surface area contributed by atoms with Crippen molar-refractivity contribution in [1.29, 1.82) is 0 Å². The molecule has 0 bridgehead atoms. The van der Waals surface area contributed by atoms with Crippen LogP contribution in [0.5, 0.6) is 0 Å². The zero-order valence-corrected chi connectivity index (χ0v) is 18.5. The normalized spacial score (nSPS) is 22.1. The zero-order valence-electron chi connectivity index (χ0n) is 18.5. The lowest BCUT2D eigenvalue weighted by Gasteiger charge is -2.43. The van der Waals surface area contributed by atoms with Gasteiger partial charge in [-0.3, -0.25) is 9.69 Å². The second kappa shape index (κ2) is 9.41. The number of benzene rings is 2. The molecule has 0 saturated carbocycles. The van der Waals surface area contributed by atoms with Crippen LogP contribution in [0.1, 0.15) is 30.4 Å². The molecule has 1 atom stereocenters.